The van der Waals surface area contributed by atoms with Crippen LogP contribution in [0.2, 0.25) is 0 Å². The minimum atomic E-state index is -0.227. The molecule has 0 spiro atoms. The van der Waals surface area contributed by atoms with E-state index in [1.807, 2.05) is 0 Å². The molecule has 0 aliphatic carbocycles. The Labute approximate surface area is 42.5 Å². The van der Waals surface area contributed by atoms with E-state index in [4.69, 9.17) is 0 Å². The van der Waals surface area contributed by atoms with E-state index in [9.17, 15) is 9.90 Å². The predicted molar refractivity (Wildman–Crippen MR) is 25.0 cm³/mol. The Morgan fingerprint density at radius 3 is 2.57 bits per heavy atom. The van der Waals surface area contributed by atoms with Gasteiger partial charge < -0.3 is 0 Å². The fourth-order valence-electron chi connectivity index (χ4n) is 0.164. The summed E-state index contributed by atoms with van der Waals surface area (Å²) in [5.74, 6) is 1.39. The quantitative estimate of drug-likeness (QED) is 0.463. The topological polar surface area (TPSA) is 37.0 Å². The van der Waals surface area contributed by atoms with Crippen molar-refractivity contribution >= 4 is 5.94 Å². The van der Waals surface area contributed by atoms with Gasteiger partial charge in [0, 0.05) is 12.0 Å². The lowest BCUT2D eigenvalue weighted by atomic mass is 10.2. The average molecular weight is 99.1 g/mol. The SMILES string of the molecule is CC(C=C=O)C[O]. The Hall–Kier alpha value is -0.590. The first-order valence-electron chi connectivity index (χ1n) is 2.10. The average Bonchev–Trinajstić information content (AvgIpc) is 1.68. The molecule has 0 bridgehead atoms. The molecule has 0 aliphatic rings. The molecule has 0 saturated heterocycles. The van der Waals surface area contributed by atoms with Crippen LogP contribution in [0.5, 0.6) is 0 Å². The lowest BCUT2D eigenvalue weighted by molar-refractivity contribution is 0.169. The first-order chi connectivity index (χ1) is 3.31. The molecule has 1 atom stereocenters. The summed E-state index contributed by atoms with van der Waals surface area (Å²) >= 11 is 0. The van der Waals surface area contributed by atoms with Gasteiger partial charge in [0.25, 0.3) is 0 Å². The van der Waals surface area contributed by atoms with Crippen LogP contribution in [0.4, 0.5) is 0 Å². The van der Waals surface area contributed by atoms with E-state index in [0.29, 0.717) is 0 Å². The van der Waals surface area contributed by atoms with Crippen LogP contribution in [0.1, 0.15) is 6.92 Å². The molecule has 0 aromatic carbocycles. The highest BCUT2D eigenvalue weighted by molar-refractivity contribution is 5.45. The molecule has 2 nitrogen and oxygen atoms in total. The first kappa shape index (κ1) is 6.41. The normalized spacial score (nSPS) is 12.3. The molecule has 0 saturated carbocycles. The highest BCUT2D eigenvalue weighted by Gasteiger charge is 1.90. The van der Waals surface area contributed by atoms with Gasteiger partial charge in [-0.2, -0.15) is 0 Å². The summed E-state index contributed by atoms with van der Waals surface area (Å²) in [5, 5.41) is 9.81. The number of hydrogen-bond donors (Lipinski definition) is 0. The van der Waals surface area contributed by atoms with Crippen LogP contribution in [-0.4, -0.2) is 12.5 Å². The molecule has 0 N–H and O–H groups in total. The van der Waals surface area contributed by atoms with Crippen molar-refractivity contribution in [3.05, 3.63) is 6.08 Å². The number of hydrogen-bond acceptors (Lipinski definition) is 1. The van der Waals surface area contributed by atoms with E-state index < -0.39 is 0 Å². The number of rotatable bonds is 2. The van der Waals surface area contributed by atoms with Crippen LogP contribution in [0.15, 0.2) is 6.08 Å². The minimum absolute atomic E-state index is 0.155. The molecule has 7 heavy (non-hydrogen) atoms. The Balaban J connectivity index is 3.35. The van der Waals surface area contributed by atoms with Crippen molar-refractivity contribution in [1.82, 2.24) is 0 Å². The van der Waals surface area contributed by atoms with Crippen LogP contribution in [0.3, 0.4) is 0 Å². The standard InChI is InChI=1S/C5H7O2/c1-5(4-7)2-3-6/h2,5H,4H2,1H3. The van der Waals surface area contributed by atoms with Gasteiger partial charge in [0.1, 0.15) is 5.94 Å². The minimum Gasteiger partial charge on any atom is -0.236 e. The highest BCUT2D eigenvalue weighted by atomic mass is 16.3. The third kappa shape index (κ3) is 3.23. The number of carbonyl (C=O) groups excluding carboxylic acids is 1. The molecule has 0 amide bonds. The lowest BCUT2D eigenvalue weighted by Gasteiger charge is -1.89. The van der Waals surface area contributed by atoms with Crippen molar-refractivity contribution in [2.24, 2.45) is 5.92 Å². The summed E-state index contributed by atoms with van der Waals surface area (Å²) in [6, 6.07) is 0. The molecular weight excluding hydrogens is 92.1 g/mol. The molecule has 0 aromatic rings. The predicted octanol–water partition coefficient (Wildman–Crippen LogP) is 0.441. The van der Waals surface area contributed by atoms with Gasteiger partial charge in [-0.25, -0.2) is 9.90 Å². The third-order valence-corrected chi connectivity index (χ3v) is 0.615. The van der Waals surface area contributed by atoms with E-state index in [1.165, 1.54) is 6.08 Å². The van der Waals surface area contributed by atoms with Crippen molar-refractivity contribution in [1.29, 1.82) is 0 Å². The maximum atomic E-state index is 9.81. The van der Waals surface area contributed by atoms with Crippen molar-refractivity contribution < 1.29 is 9.90 Å². The maximum absolute atomic E-state index is 9.81. The zero-order valence-electron chi connectivity index (χ0n) is 4.18. The Kier molecular flexibility index (Phi) is 3.29. The van der Waals surface area contributed by atoms with Crippen molar-refractivity contribution in [2.45, 2.75) is 6.92 Å². The third-order valence-electron chi connectivity index (χ3n) is 0.615. The van der Waals surface area contributed by atoms with Gasteiger partial charge in [0.2, 0.25) is 0 Å². The molecule has 0 aliphatic heterocycles. The zero-order valence-corrected chi connectivity index (χ0v) is 4.18. The van der Waals surface area contributed by atoms with E-state index in [-0.39, 0.29) is 12.5 Å². The summed E-state index contributed by atoms with van der Waals surface area (Å²) in [4.78, 5) is 9.45. The van der Waals surface area contributed by atoms with Crippen LogP contribution in [0, 0.1) is 5.92 Å². The van der Waals surface area contributed by atoms with Gasteiger partial charge in [0.05, 0.1) is 6.61 Å². The van der Waals surface area contributed by atoms with Gasteiger partial charge in [-0.3, -0.25) is 0 Å². The summed E-state index contributed by atoms with van der Waals surface area (Å²) in [6.07, 6.45) is 1.23. The second-order valence-corrected chi connectivity index (χ2v) is 1.43. The van der Waals surface area contributed by atoms with Crippen LogP contribution in [-0.2, 0) is 9.90 Å². The summed E-state index contributed by atoms with van der Waals surface area (Å²) in [7, 11) is 0. The van der Waals surface area contributed by atoms with E-state index in [0.717, 1.165) is 0 Å². The van der Waals surface area contributed by atoms with Crippen LogP contribution >= 0.6 is 0 Å². The zero-order chi connectivity index (χ0) is 5.70. The maximum Gasteiger partial charge on any atom is 0.120 e. The molecule has 0 fully saturated rings. The molecular formula is C5H7O2. The smallest absolute Gasteiger partial charge is 0.120 e. The molecule has 0 heterocycles. The fraction of sp³-hybridized carbons (Fsp3) is 0.600. The van der Waals surface area contributed by atoms with Gasteiger partial charge in [-0.1, -0.05) is 6.92 Å². The van der Waals surface area contributed by atoms with E-state index in [2.05, 4.69) is 0 Å². The largest absolute Gasteiger partial charge is 0.236 e. The first-order valence-corrected chi connectivity index (χ1v) is 2.10. The van der Waals surface area contributed by atoms with Gasteiger partial charge in [-0.15, -0.1) is 0 Å². The second-order valence-electron chi connectivity index (χ2n) is 1.43. The summed E-state index contributed by atoms with van der Waals surface area (Å²) in [5.41, 5.74) is 0. The second kappa shape index (κ2) is 3.59. The van der Waals surface area contributed by atoms with E-state index >= 15 is 0 Å². The Morgan fingerprint density at radius 1 is 1.86 bits per heavy atom. The Morgan fingerprint density at radius 2 is 2.43 bits per heavy atom. The fourth-order valence-corrected chi connectivity index (χ4v) is 0.164. The summed E-state index contributed by atoms with van der Waals surface area (Å²) in [6.45, 7) is 1.45. The molecule has 1 unspecified atom stereocenters. The van der Waals surface area contributed by atoms with Crippen LogP contribution in [0.25, 0.3) is 0 Å². The molecule has 39 valence electrons. The van der Waals surface area contributed by atoms with E-state index in [1.54, 1.807) is 12.9 Å². The van der Waals surface area contributed by atoms with Gasteiger partial charge in [-0.05, 0) is 0 Å². The highest BCUT2D eigenvalue weighted by Crippen LogP contribution is 1.89. The van der Waals surface area contributed by atoms with Gasteiger partial charge in [0.15, 0.2) is 0 Å². The molecule has 2 heteroatoms. The Bertz CT molecular complexity index is 82.1. The molecule has 1 radical (unpaired) electrons. The monoisotopic (exact) mass is 99.0 g/mol. The van der Waals surface area contributed by atoms with Crippen molar-refractivity contribution in [3.63, 3.8) is 0 Å². The van der Waals surface area contributed by atoms with Crippen LogP contribution < -0.4 is 0 Å². The van der Waals surface area contributed by atoms with Gasteiger partial charge >= 0.3 is 0 Å². The lowest BCUT2D eigenvalue weighted by Crippen LogP contribution is -1.92. The molecule has 0 aromatic heterocycles. The van der Waals surface area contributed by atoms with Crippen molar-refractivity contribution in [3.8, 4) is 0 Å². The summed E-state index contributed by atoms with van der Waals surface area (Å²) < 4.78 is 0. The van der Waals surface area contributed by atoms with Crippen molar-refractivity contribution in [2.75, 3.05) is 6.61 Å². The molecule has 0 rings (SSSR count).